The van der Waals surface area contributed by atoms with Crippen LogP contribution >= 0.6 is 11.6 Å². The Balaban J connectivity index is 3.50. The van der Waals surface area contributed by atoms with E-state index >= 15 is 0 Å². The number of benzene rings is 1. The molecule has 0 bridgehead atoms. The van der Waals surface area contributed by atoms with Crippen molar-refractivity contribution in [2.75, 3.05) is 14.2 Å². The molecule has 0 saturated carbocycles. The second kappa shape index (κ2) is 4.53. The molecule has 0 fully saturated rings. The number of ether oxygens (including phenoxy) is 2. The Labute approximate surface area is 93.9 Å². The lowest BCUT2D eigenvalue weighted by molar-refractivity contribution is 0.0596. The molecule has 0 saturated heterocycles. The Morgan fingerprint density at radius 3 is 2.40 bits per heavy atom. The second-order valence-electron chi connectivity index (χ2n) is 3.20. The van der Waals surface area contributed by atoms with Gasteiger partial charge in [0.25, 0.3) is 0 Å². The molecule has 82 valence electrons. The fourth-order valence-electron chi connectivity index (χ4n) is 1.46. The van der Waals surface area contributed by atoms with Crippen molar-refractivity contribution in [3.8, 4) is 5.75 Å². The third-order valence-corrected chi connectivity index (χ3v) is 2.65. The zero-order valence-corrected chi connectivity index (χ0v) is 9.94. The first-order chi connectivity index (χ1) is 7.02. The first-order valence-electron chi connectivity index (χ1n) is 4.45. The van der Waals surface area contributed by atoms with Crippen molar-refractivity contribution in [3.63, 3.8) is 0 Å². The average Bonchev–Trinajstić information content (AvgIpc) is 2.21. The molecule has 1 rings (SSSR count). The lowest BCUT2D eigenvalue weighted by Crippen LogP contribution is -2.08. The Kier molecular flexibility index (Phi) is 3.58. The smallest absolute Gasteiger partial charge is 0.341 e. The van der Waals surface area contributed by atoms with Crippen LogP contribution in [-0.2, 0) is 4.74 Å². The molecule has 0 N–H and O–H groups in total. The van der Waals surface area contributed by atoms with E-state index in [1.165, 1.54) is 14.2 Å². The van der Waals surface area contributed by atoms with Crippen LogP contribution in [0.2, 0.25) is 5.02 Å². The molecule has 0 atom stereocenters. The maximum absolute atomic E-state index is 11.6. The lowest BCUT2D eigenvalue weighted by Gasteiger charge is -2.13. The van der Waals surface area contributed by atoms with E-state index in [2.05, 4.69) is 0 Å². The average molecular weight is 229 g/mol. The summed E-state index contributed by atoms with van der Waals surface area (Å²) < 4.78 is 9.87. The molecule has 0 unspecified atom stereocenters. The number of esters is 1. The number of carbonyl (C=O) groups excluding carboxylic acids is 1. The quantitative estimate of drug-likeness (QED) is 0.731. The fraction of sp³-hybridized carbons (Fsp3) is 0.364. The third-order valence-electron chi connectivity index (χ3n) is 2.26. The van der Waals surface area contributed by atoms with E-state index in [0.29, 0.717) is 21.9 Å². The Bertz CT molecular complexity index is 399. The van der Waals surface area contributed by atoms with Crippen LogP contribution in [0.1, 0.15) is 21.5 Å². The van der Waals surface area contributed by atoms with Crippen LogP contribution in [0.3, 0.4) is 0 Å². The minimum atomic E-state index is -0.435. The van der Waals surface area contributed by atoms with Gasteiger partial charge in [-0.15, -0.1) is 0 Å². The molecule has 0 aliphatic rings. The van der Waals surface area contributed by atoms with Gasteiger partial charge in [-0.05, 0) is 31.0 Å². The highest BCUT2D eigenvalue weighted by Crippen LogP contribution is 2.32. The molecule has 0 amide bonds. The van der Waals surface area contributed by atoms with Gasteiger partial charge in [0.15, 0.2) is 0 Å². The summed E-state index contributed by atoms with van der Waals surface area (Å²) in [6, 6.07) is 1.77. The van der Waals surface area contributed by atoms with E-state index in [-0.39, 0.29) is 0 Å². The van der Waals surface area contributed by atoms with Crippen molar-refractivity contribution in [1.29, 1.82) is 0 Å². The number of carbonyl (C=O) groups is 1. The van der Waals surface area contributed by atoms with Crippen LogP contribution in [0.5, 0.6) is 5.75 Å². The van der Waals surface area contributed by atoms with Gasteiger partial charge >= 0.3 is 5.97 Å². The van der Waals surface area contributed by atoms with E-state index in [4.69, 9.17) is 21.1 Å². The van der Waals surface area contributed by atoms with Crippen LogP contribution in [0, 0.1) is 13.8 Å². The molecular weight excluding hydrogens is 216 g/mol. The molecule has 0 spiro atoms. The maximum atomic E-state index is 11.6. The van der Waals surface area contributed by atoms with Crippen LogP contribution in [0.15, 0.2) is 6.07 Å². The van der Waals surface area contributed by atoms with E-state index in [0.717, 1.165) is 5.56 Å². The highest BCUT2D eigenvalue weighted by atomic mass is 35.5. The summed E-state index contributed by atoms with van der Waals surface area (Å²) in [4.78, 5) is 11.6. The van der Waals surface area contributed by atoms with E-state index in [1.807, 2.05) is 6.92 Å². The van der Waals surface area contributed by atoms with Crippen molar-refractivity contribution in [3.05, 3.63) is 27.8 Å². The molecule has 0 aliphatic heterocycles. The van der Waals surface area contributed by atoms with Gasteiger partial charge in [-0.25, -0.2) is 4.79 Å². The minimum Gasteiger partial charge on any atom is -0.496 e. The largest absolute Gasteiger partial charge is 0.496 e. The van der Waals surface area contributed by atoms with Gasteiger partial charge in [0, 0.05) is 5.02 Å². The number of halogens is 1. The summed E-state index contributed by atoms with van der Waals surface area (Å²) in [7, 11) is 2.85. The first kappa shape index (κ1) is 11.9. The van der Waals surface area contributed by atoms with Crippen molar-refractivity contribution < 1.29 is 14.3 Å². The number of aryl methyl sites for hydroxylation is 1. The fourth-order valence-corrected chi connectivity index (χ4v) is 1.72. The number of hydrogen-bond donors (Lipinski definition) is 0. The minimum absolute atomic E-state index is 0.394. The van der Waals surface area contributed by atoms with E-state index in [1.54, 1.807) is 13.0 Å². The molecule has 3 nitrogen and oxygen atoms in total. The van der Waals surface area contributed by atoms with Gasteiger partial charge in [0.2, 0.25) is 0 Å². The van der Waals surface area contributed by atoms with Gasteiger partial charge < -0.3 is 9.47 Å². The molecular formula is C11H13ClO3. The monoisotopic (exact) mass is 228 g/mol. The van der Waals surface area contributed by atoms with Crippen molar-refractivity contribution >= 4 is 17.6 Å². The second-order valence-corrected chi connectivity index (χ2v) is 3.61. The molecule has 1 aromatic rings. The molecule has 0 aliphatic carbocycles. The predicted molar refractivity (Wildman–Crippen MR) is 58.8 cm³/mol. The lowest BCUT2D eigenvalue weighted by atomic mass is 10.0. The molecule has 0 aromatic heterocycles. The first-order valence-corrected chi connectivity index (χ1v) is 4.82. The van der Waals surface area contributed by atoms with Gasteiger partial charge in [0.1, 0.15) is 11.3 Å². The summed E-state index contributed by atoms with van der Waals surface area (Å²) in [5, 5.41) is 0.536. The summed E-state index contributed by atoms with van der Waals surface area (Å²) in [5.41, 5.74) is 1.88. The normalized spacial score (nSPS) is 9.93. The molecule has 0 heterocycles. The zero-order chi connectivity index (χ0) is 11.6. The highest BCUT2D eigenvalue weighted by Gasteiger charge is 2.20. The van der Waals surface area contributed by atoms with Crippen LogP contribution in [0.4, 0.5) is 0 Å². The van der Waals surface area contributed by atoms with E-state index < -0.39 is 5.97 Å². The predicted octanol–water partition coefficient (Wildman–Crippen LogP) is 2.75. The van der Waals surface area contributed by atoms with Crippen LogP contribution in [-0.4, -0.2) is 20.2 Å². The number of methoxy groups -OCH3 is 2. The maximum Gasteiger partial charge on any atom is 0.341 e. The number of rotatable bonds is 2. The van der Waals surface area contributed by atoms with Gasteiger partial charge in [-0.1, -0.05) is 11.6 Å². The van der Waals surface area contributed by atoms with Gasteiger partial charge in [0.05, 0.1) is 14.2 Å². The van der Waals surface area contributed by atoms with Crippen molar-refractivity contribution in [2.24, 2.45) is 0 Å². The van der Waals surface area contributed by atoms with Gasteiger partial charge in [-0.2, -0.15) is 0 Å². The molecule has 0 radical (unpaired) electrons. The molecule has 15 heavy (non-hydrogen) atoms. The number of hydrogen-bond acceptors (Lipinski definition) is 3. The molecule has 4 heteroatoms. The summed E-state index contributed by atoms with van der Waals surface area (Å²) >= 11 is 5.99. The van der Waals surface area contributed by atoms with Gasteiger partial charge in [-0.3, -0.25) is 0 Å². The third kappa shape index (κ3) is 2.07. The summed E-state index contributed by atoms with van der Waals surface area (Å²) in [5.74, 6) is 0.0821. The standard InChI is InChI=1S/C11H13ClO3/c1-6-5-8(12)7(2)9(10(6)14-3)11(13)15-4/h5H,1-4H3. The van der Waals surface area contributed by atoms with E-state index in [9.17, 15) is 4.79 Å². The Hall–Kier alpha value is -1.22. The zero-order valence-electron chi connectivity index (χ0n) is 9.18. The SMILES string of the molecule is COC(=O)c1c(C)c(Cl)cc(C)c1OC. The van der Waals surface area contributed by atoms with Crippen LogP contribution in [0.25, 0.3) is 0 Å². The Morgan fingerprint density at radius 2 is 1.93 bits per heavy atom. The van der Waals surface area contributed by atoms with Crippen molar-refractivity contribution in [2.45, 2.75) is 13.8 Å². The Morgan fingerprint density at radius 1 is 1.33 bits per heavy atom. The topological polar surface area (TPSA) is 35.5 Å². The van der Waals surface area contributed by atoms with Crippen molar-refractivity contribution in [1.82, 2.24) is 0 Å². The highest BCUT2D eigenvalue weighted by molar-refractivity contribution is 6.32. The summed E-state index contributed by atoms with van der Waals surface area (Å²) in [6.45, 7) is 3.59. The summed E-state index contributed by atoms with van der Waals surface area (Å²) in [6.07, 6.45) is 0. The van der Waals surface area contributed by atoms with Crippen LogP contribution < -0.4 is 4.74 Å². The molecule has 1 aromatic carbocycles.